The summed E-state index contributed by atoms with van der Waals surface area (Å²) in [4.78, 5) is 0. The molecular formula is C12H17NO4S2. The molecule has 0 radical (unpaired) electrons. The summed E-state index contributed by atoms with van der Waals surface area (Å²) in [5.41, 5.74) is 1.47. The Kier molecular flexibility index (Phi) is 3.61. The number of aryl methyl sites for hydroxylation is 1. The number of hydrogen-bond donors (Lipinski definition) is 0. The minimum absolute atomic E-state index is 0.0511. The highest BCUT2D eigenvalue weighted by Gasteiger charge is 2.36. The Labute approximate surface area is 114 Å². The van der Waals surface area contributed by atoms with E-state index in [4.69, 9.17) is 0 Å². The Morgan fingerprint density at radius 3 is 2.47 bits per heavy atom. The molecule has 1 fully saturated rings. The summed E-state index contributed by atoms with van der Waals surface area (Å²) in [6.07, 6.45) is 1.46. The maximum absolute atomic E-state index is 12.0. The standard InChI is InChI=1S/C12H17NO4S2/c1-10-4-3-5-11(8-10)13(18(2,14)15)12-6-7-19(16,17)9-12/h3-5,8,12H,6-7,9H2,1-2H3/t12-/m0/s1. The number of anilines is 1. The smallest absolute Gasteiger partial charge is 0.232 e. The van der Waals surface area contributed by atoms with Gasteiger partial charge in [-0.05, 0) is 31.0 Å². The van der Waals surface area contributed by atoms with Crippen LogP contribution in [0.25, 0.3) is 0 Å². The lowest BCUT2D eigenvalue weighted by Crippen LogP contribution is -2.40. The van der Waals surface area contributed by atoms with Gasteiger partial charge in [0.05, 0.1) is 29.5 Å². The molecule has 1 aliphatic heterocycles. The molecule has 0 amide bonds. The lowest BCUT2D eigenvalue weighted by molar-refractivity contribution is 0.586. The molecule has 7 heteroatoms. The van der Waals surface area contributed by atoms with Gasteiger partial charge < -0.3 is 0 Å². The van der Waals surface area contributed by atoms with Crippen molar-refractivity contribution in [3.8, 4) is 0 Å². The van der Waals surface area contributed by atoms with Gasteiger partial charge >= 0.3 is 0 Å². The Morgan fingerprint density at radius 2 is 2.00 bits per heavy atom. The van der Waals surface area contributed by atoms with Crippen molar-refractivity contribution in [1.29, 1.82) is 0 Å². The summed E-state index contributed by atoms with van der Waals surface area (Å²) in [5.74, 6) is -0.0521. The number of sulfone groups is 1. The van der Waals surface area contributed by atoms with Crippen LogP contribution in [0.2, 0.25) is 0 Å². The molecule has 0 saturated carbocycles. The van der Waals surface area contributed by atoms with E-state index in [1.165, 1.54) is 4.31 Å². The monoisotopic (exact) mass is 303 g/mol. The van der Waals surface area contributed by atoms with Crippen LogP contribution in [0.3, 0.4) is 0 Å². The predicted molar refractivity (Wildman–Crippen MR) is 75.6 cm³/mol. The van der Waals surface area contributed by atoms with Crippen LogP contribution in [0.5, 0.6) is 0 Å². The van der Waals surface area contributed by atoms with Crippen LogP contribution in [0.1, 0.15) is 12.0 Å². The summed E-state index contributed by atoms with van der Waals surface area (Å²) < 4.78 is 48.3. The summed E-state index contributed by atoms with van der Waals surface area (Å²) in [7, 11) is -6.62. The van der Waals surface area contributed by atoms with Crippen LogP contribution >= 0.6 is 0 Å². The third kappa shape index (κ3) is 3.27. The van der Waals surface area contributed by atoms with Gasteiger partial charge in [-0.25, -0.2) is 16.8 Å². The minimum atomic E-state index is -3.50. The molecule has 0 bridgehead atoms. The second kappa shape index (κ2) is 4.79. The van der Waals surface area contributed by atoms with Gasteiger partial charge in [0.2, 0.25) is 10.0 Å². The first-order valence-corrected chi connectivity index (χ1v) is 9.62. The van der Waals surface area contributed by atoms with E-state index < -0.39 is 25.9 Å². The maximum atomic E-state index is 12.0. The minimum Gasteiger partial charge on any atom is -0.266 e. The normalized spacial score (nSPS) is 22.3. The summed E-state index contributed by atoms with van der Waals surface area (Å²) >= 11 is 0. The van der Waals surface area contributed by atoms with Crippen LogP contribution in [0.15, 0.2) is 24.3 Å². The predicted octanol–water partition coefficient (Wildman–Crippen LogP) is 0.948. The molecule has 0 spiro atoms. The average molecular weight is 303 g/mol. The SMILES string of the molecule is Cc1cccc(N([C@H]2CCS(=O)(=O)C2)S(C)(=O)=O)c1. The summed E-state index contributed by atoms with van der Waals surface area (Å²) in [5, 5.41) is 0. The zero-order chi connectivity index (χ0) is 14.3. The molecule has 1 aliphatic rings. The summed E-state index contributed by atoms with van der Waals surface area (Å²) in [6.45, 7) is 1.87. The third-order valence-electron chi connectivity index (χ3n) is 3.15. The van der Waals surface area contributed by atoms with Gasteiger partial charge in [-0.1, -0.05) is 12.1 Å². The molecule has 1 saturated heterocycles. The first kappa shape index (κ1) is 14.3. The molecule has 106 valence electrons. The van der Waals surface area contributed by atoms with Crippen molar-refractivity contribution in [2.24, 2.45) is 0 Å². The highest BCUT2D eigenvalue weighted by molar-refractivity contribution is 7.93. The molecule has 0 N–H and O–H groups in total. The maximum Gasteiger partial charge on any atom is 0.232 e. The fraction of sp³-hybridized carbons (Fsp3) is 0.500. The number of sulfonamides is 1. The fourth-order valence-corrected chi connectivity index (χ4v) is 5.41. The van der Waals surface area contributed by atoms with Gasteiger partial charge in [0.15, 0.2) is 9.84 Å². The van der Waals surface area contributed by atoms with Crippen molar-refractivity contribution in [2.75, 3.05) is 22.1 Å². The number of nitrogens with zero attached hydrogens (tertiary/aromatic N) is 1. The number of benzene rings is 1. The Bertz CT molecular complexity index is 679. The molecule has 1 aromatic carbocycles. The van der Waals surface area contributed by atoms with Crippen molar-refractivity contribution in [3.63, 3.8) is 0 Å². The number of hydrogen-bond acceptors (Lipinski definition) is 4. The van der Waals surface area contributed by atoms with Crippen LogP contribution in [0.4, 0.5) is 5.69 Å². The van der Waals surface area contributed by atoms with Gasteiger partial charge in [-0.2, -0.15) is 0 Å². The molecule has 19 heavy (non-hydrogen) atoms. The van der Waals surface area contributed by atoms with E-state index in [2.05, 4.69) is 0 Å². The third-order valence-corrected chi connectivity index (χ3v) is 6.13. The fourth-order valence-electron chi connectivity index (χ4n) is 2.40. The summed E-state index contributed by atoms with van der Waals surface area (Å²) in [6, 6.07) is 6.59. The first-order chi connectivity index (χ1) is 8.69. The van der Waals surface area contributed by atoms with Crippen LogP contribution < -0.4 is 4.31 Å². The van der Waals surface area contributed by atoms with Crippen molar-refractivity contribution < 1.29 is 16.8 Å². The molecule has 0 unspecified atom stereocenters. The van der Waals surface area contributed by atoms with Crippen molar-refractivity contribution >= 4 is 25.5 Å². The van der Waals surface area contributed by atoms with Crippen LogP contribution in [0, 0.1) is 6.92 Å². The Morgan fingerprint density at radius 1 is 1.32 bits per heavy atom. The van der Waals surface area contributed by atoms with Gasteiger partial charge in [0.25, 0.3) is 0 Å². The quantitative estimate of drug-likeness (QED) is 0.833. The largest absolute Gasteiger partial charge is 0.266 e. The molecule has 1 aromatic rings. The van der Waals surface area contributed by atoms with Crippen LogP contribution in [-0.4, -0.2) is 40.6 Å². The molecule has 0 aliphatic carbocycles. The molecule has 2 rings (SSSR count). The second-order valence-corrected chi connectivity index (χ2v) is 9.04. The zero-order valence-corrected chi connectivity index (χ0v) is 12.5. The molecule has 0 aromatic heterocycles. The second-order valence-electron chi connectivity index (χ2n) is 4.95. The Balaban J connectivity index is 2.44. The zero-order valence-electron chi connectivity index (χ0n) is 10.9. The van der Waals surface area contributed by atoms with E-state index in [9.17, 15) is 16.8 Å². The van der Waals surface area contributed by atoms with Gasteiger partial charge in [-0.3, -0.25) is 4.31 Å². The van der Waals surface area contributed by atoms with Crippen molar-refractivity contribution in [1.82, 2.24) is 0 Å². The van der Waals surface area contributed by atoms with E-state index in [1.54, 1.807) is 18.2 Å². The highest BCUT2D eigenvalue weighted by Crippen LogP contribution is 2.27. The van der Waals surface area contributed by atoms with E-state index in [-0.39, 0.29) is 11.5 Å². The highest BCUT2D eigenvalue weighted by atomic mass is 32.2. The lowest BCUT2D eigenvalue weighted by atomic mass is 10.2. The Hall–Kier alpha value is -1.08. The van der Waals surface area contributed by atoms with Gasteiger partial charge in [0.1, 0.15) is 0 Å². The van der Waals surface area contributed by atoms with E-state index in [0.717, 1.165) is 11.8 Å². The molecule has 1 heterocycles. The van der Waals surface area contributed by atoms with Crippen molar-refractivity contribution in [3.05, 3.63) is 29.8 Å². The number of rotatable bonds is 3. The molecular weight excluding hydrogens is 286 g/mol. The van der Waals surface area contributed by atoms with Gasteiger partial charge in [-0.15, -0.1) is 0 Å². The van der Waals surface area contributed by atoms with E-state index in [0.29, 0.717) is 12.1 Å². The van der Waals surface area contributed by atoms with E-state index in [1.807, 2.05) is 13.0 Å². The topological polar surface area (TPSA) is 71.5 Å². The molecule has 5 nitrogen and oxygen atoms in total. The first-order valence-electron chi connectivity index (χ1n) is 5.95. The average Bonchev–Trinajstić information content (AvgIpc) is 2.56. The van der Waals surface area contributed by atoms with Crippen molar-refractivity contribution in [2.45, 2.75) is 19.4 Å². The van der Waals surface area contributed by atoms with Crippen LogP contribution in [-0.2, 0) is 19.9 Å². The van der Waals surface area contributed by atoms with Gasteiger partial charge in [0, 0.05) is 0 Å². The molecule has 1 atom stereocenters. The lowest BCUT2D eigenvalue weighted by Gasteiger charge is -2.28. The van der Waals surface area contributed by atoms with E-state index >= 15 is 0 Å².